The zero-order valence-electron chi connectivity index (χ0n) is 11.5. The zero-order valence-corrected chi connectivity index (χ0v) is 14.8. The highest BCUT2D eigenvalue weighted by Crippen LogP contribution is 2.32. The molecule has 0 aliphatic rings. The highest BCUT2D eigenvalue weighted by Gasteiger charge is 2.12. The number of hydrogen-bond acceptors (Lipinski definition) is 3. The maximum atomic E-state index is 13.7. The quantitative estimate of drug-likeness (QED) is 0.574. The van der Waals surface area contributed by atoms with Gasteiger partial charge in [0.2, 0.25) is 0 Å². The van der Waals surface area contributed by atoms with Crippen molar-refractivity contribution in [3.05, 3.63) is 51.7 Å². The Balaban J connectivity index is 2.49. The fourth-order valence-corrected chi connectivity index (χ4v) is 3.37. The van der Waals surface area contributed by atoms with Gasteiger partial charge in [0.1, 0.15) is 10.8 Å². The first kappa shape index (κ1) is 16.3. The van der Waals surface area contributed by atoms with Crippen LogP contribution in [-0.4, -0.2) is 11.2 Å². The summed E-state index contributed by atoms with van der Waals surface area (Å²) in [5.41, 5.74) is 9.00. The second-order valence-corrected chi connectivity index (χ2v) is 6.60. The SMILES string of the molecule is CSc1cccc(Nc2cc(F)c(Br)cc2C)c1C(N)=S. The number of rotatable bonds is 4. The number of halogens is 2. The third kappa shape index (κ3) is 3.56. The molecule has 0 saturated heterocycles. The van der Waals surface area contributed by atoms with Crippen molar-refractivity contribution in [2.75, 3.05) is 11.6 Å². The lowest BCUT2D eigenvalue weighted by Gasteiger charge is -2.16. The molecule has 0 unspecified atom stereocenters. The molecule has 110 valence electrons. The van der Waals surface area contributed by atoms with E-state index in [-0.39, 0.29) is 5.82 Å². The van der Waals surface area contributed by atoms with Crippen LogP contribution >= 0.6 is 39.9 Å². The average Bonchev–Trinajstić information content (AvgIpc) is 2.44. The van der Waals surface area contributed by atoms with Gasteiger partial charge < -0.3 is 11.1 Å². The van der Waals surface area contributed by atoms with E-state index in [1.807, 2.05) is 31.4 Å². The number of nitrogens with two attached hydrogens (primary N) is 1. The van der Waals surface area contributed by atoms with Crippen LogP contribution in [-0.2, 0) is 0 Å². The molecule has 0 aliphatic heterocycles. The van der Waals surface area contributed by atoms with E-state index in [9.17, 15) is 4.39 Å². The minimum absolute atomic E-state index is 0.317. The molecular weight excluding hydrogens is 371 g/mol. The van der Waals surface area contributed by atoms with Crippen molar-refractivity contribution in [1.82, 2.24) is 0 Å². The normalized spacial score (nSPS) is 10.5. The number of hydrogen-bond donors (Lipinski definition) is 2. The van der Waals surface area contributed by atoms with Gasteiger partial charge in [-0.15, -0.1) is 11.8 Å². The van der Waals surface area contributed by atoms with Crippen molar-refractivity contribution in [3.8, 4) is 0 Å². The van der Waals surface area contributed by atoms with Crippen molar-refractivity contribution >= 4 is 56.3 Å². The largest absolute Gasteiger partial charge is 0.389 e. The average molecular weight is 385 g/mol. The lowest BCUT2D eigenvalue weighted by Crippen LogP contribution is -2.13. The van der Waals surface area contributed by atoms with Gasteiger partial charge in [0.05, 0.1) is 4.47 Å². The lowest BCUT2D eigenvalue weighted by atomic mass is 10.1. The summed E-state index contributed by atoms with van der Waals surface area (Å²) >= 11 is 9.89. The fraction of sp³-hybridized carbons (Fsp3) is 0.133. The summed E-state index contributed by atoms with van der Waals surface area (Å²) in [7, 11) is 0. The van der Waals surface area contributed by atoms with Crippen LogP contribution in [0.5, 0.6) is 0 Å². The smallest absolute Gasteiger partial charge is 0.139 e. The van der Waals surface area contributed by atoms with Gasteiger partial charge in [-0.05, 0) is 58.9 Å². The molecule has 0 amide bonds. The van der Waals surface area contributed by atoms with Crippen LogP contribution < -0.4 is 11.1 Å². The highest BCUT2D eigenvalue weighted by molar-refractivity contribution is 9.10. The second kappa shape index (κ2) is 6.77. The molecule has 0 saturated carbocycles. The number of nitrogens with one attached hydrogen (secondary N) is 1. The van der Waals surface area contributed by atoms with Gasteiger partial charge >= 0.3 is 0 Å². The Kier molecular flexibility index (Phi) is 5.24. The molecule has 6 heteroatoms. The molecule has 3 N–H and O–H groups in total. The molecule has 0 heterocycles. The van der Waals surface area contributed by atoms with Gasteiger partial charge in [-0.2, -0.15) is 0 Å². The van der Waals surface area contributed by atoms with E-state index in [1.54, 1.807) is 17.8 Å². The second-order valence-electron chi connectivity index (χ2n) is 4.45. The minimum Gasteiger partial charge on any atom is -0.389 e. The number of aryl methyl sites for hydroxylation is 1. The Morgan fingerprint density at radius 3 is 2.67 bits per heavy atom. The fourth-order valence-electron chi connectivity index (χ4n) is 1.99. The highest BCUT2D eigenvalue weighted by atomic mass is 79.9. The van der Waals surface area contributed by atoms with Gasteiger partial charge in [-0.25, -0.2) is 4.39 Å². The van der Waals surface area contributed by atoms with Gasteiger partial charge in [0.15, 0.2) is 0 Å². The van der Waals surface area contributed by atoms with Gasteiger partial charge in [-0.3, -0.25) is 0 Å². The Morgan fingerprint density at radius 2 is 2.05 bits per heavy atom. The van der Waals surface area contributed by atoms with Gasteiger partial charge in [-0.1, -0.05) is 18.3 Å². The predicted molar refractivity (Wildman–Crippen MR) is 96.2 cm³/mol. The molecule has 0 radical (unpaired) electrons. The standard InChI is InChI=1S/C15H14BrFN2S2/c1-8-6-9(16)10(17)7-12(8)19-11-4-3-5-13(21-2)14(11)15(18)20/h3-7,19H,1-2H3,(H2,18,20). The Bertz CT molecular complexity index is 704. The summed E-state index contributed by atoms with van der Waals surface area (Å²) < 4.78 is 14.2. The van der Waals surface area contributed by atoms with Crippen molar-refractivity contribution in [3.63, 3.8) is 0 Å². The molecule has 2 rings (SSSR count). The number of benzene rings is 2. The van der Waals surface area contributed by atoms with Crippen molar-refractivity contribution in [2.45, 2.75) is 11.8 Å². The lowest BCUT2D eigenvalue weighted by molar-refractivity contribution is 0.621. The van der Waals surface area contributed by atoms with E-state index in [0.717, 1.165) is 21.7 Å². The third-order valence-electron chi connectivity index (χ3n) is 3.03. The molecule has 2 nitrogen and oxygen atoms in total. The molecule has 0 bridgehead atoms. The van der Waals surface area contributed by atoms with Crippen LogP contribution in [0.3, 0.4) is 0 Å². The van der Waals surface area contributed by atoms with E-state index < -0.39 is 0 Å². The molecule has 21 heavy (non-hydrogen) atoms. The first-order valence-electron chi connectivity index (χ1n) is 6.13. The van der Waals surface area contributed by atoms with E-state index in [2.05, 4.69) is 21.2 Å². The molecule has 0 spiro atoms. The van der Waals surface area contributed by atoms with E-state index >= 15 is 0 Å². The van der Waals surface area contributed by atoms with Crippen LogP contribution in [0.1, 0.15) is 11.1 Å². The van der Waals surface area contributed by atoms with E-state index in [1.165, 1.54) is 6.07 Å². The number of thiocarbonyl (C=S) groups is 1. The number of thioether (sulfide) groups is 1. The zero-order chi connectivity index (χ0) is 15.6. The summed E-state index contributed by atoms with van der Waals surface area (Å²) in [6, 6.07) is 8.94. The topological polar surface area (TPSA) is 38.0 Å². The summed E-state index contributed by atoms with van der Waals surface area (Å²) in [6.45, 7) is 1.91. The molecule has 2 aromatic carbocycles. The molecule has 0 aliphatic carbocycles. The van der Waals surface area contributed by atoms with Crippen LogP contribution in [0.4, 0.5) is 15.8 Å². The predicted octanol–water partition coefficient (Wildman–Crippen LogP) is 5.00. The van der Waals surface area contributed by atoms with Crippen LogP contribution in [0.2, 0.25) is 0 Å². The van der Waals surface area contributed by atoms with Crippen LogP contribution in [0.25, 0.3) is 0 Å². The first-order chi connectivity index (χ1) is 9.93. The van der Waals surface area contributed by atoms with Crippen molar-refractivity contribution in [2.24, 2.45) is 5.73 Å². The van der Waals surface area contributed by atoms with Crippen molar-refractivity contribution in [1.29, 1.82) is 0 Å². The first-order valence-corrected chi connectivity index (χ1v) is 8.56. The third-order valence-corrected chi connectivity index (χ3v) is 4.62. The molecule has 0 atom stereocenters. The maximum Gasteiger partial charge on any atom is 0.139 e. The Hall–Kier alpha value is -1.11. The molecular formula is C15H14BrFN2S2. The van der Waals surface area contributed by atoms with Gasteiger partial charge in [0.25, 0.3) is 0 Å². The van der Waals surface area contributed by atoms with Crippen LogP contribution in [0.15, 0.2) is 39.7 Å². The van der Waals surface area contributed by atoms with Crippen molar-refractivity contribution < 1.29 is 4.39 Å². The summed E-state index contributed by atoms with van der Waals surface area (Å²) in [6.07, 6.45) is 1.96. The Morgan fingerprint density at radius 1 is 1.33 bits per heavy atom. The van der Waals surface area contributed by atoms with E-state index in [0.29, 0.717) is 15.1 Å². The molecule has 0 fully saturated rings. The van der Waals surface area contributed by atoms with E-state index in [4.69, 9.17) is 18.0 Å². The summed E-state index contributed by atoms with van der Waals surface area (Å²) in [5.74, 6) is -0.319. The van der Waals surface area contributed by atoms with Crippen LogP contribution in [0, 0.1) is 12.7 Å². The summed E-state index contributed by atoms with van der Waals surface area (Å²) in [4.78, 5) is 1.31. The summed E-state index contributed by atoms with van der Waals surface area (Å²) in [5, 5.41) is 3.22. The Labute approximate surface area is 141 Å². The maximum absolute atomic E-state index is 13.7. The minimum atomic E-state index is -0.319. The number of anilines is 2. The monoisotopic (exact) mass is 384 g/mol. The molecule has 2 aromatic rings. The molecule has 0 aromatic heterocycles. The van der Waals surface area contributed by atoms with Gasteiger partial charge in [0, 0.05) is 21.8 Å².